The number of aryl methyl sites for hydroxylation is 1. The third-order valence-corrected chi connectivity index (χ3v) is 5.83. The maximum absolute atomic E-state index is 12.7. The van der Waals surface area contributed by atoms with Crippen LogP contribution in [0.25, 0.3) is 10.4 Å². The molecule has 1 fully saturated rings. The smallest absolute Gasteiger partial charge is 0.391 e. The number of hydrogen-bond donors (Lipinski definition) is 2. The number of aliphatic hydroxyl groups excluding tert-OH is 1. The van der Waals surface area contributed by atoms with E-state index in [4.69, 9.17) is 0 Å². The van der Waals surface area contributed by atoms with Gasteiger partial charge in [0, 0.05) is 19.5 Å². The molecule has 1 radical (unpaired) electrons. The van der Waals surface area contributed by atoms with Crippen LogP contribution in [0.1, 0.15) is 38.4 Å². The first-order valence-electron chi connectivity index (χ1n) is 9.76. The minimum atomic E-state index is -0.676. The second-order valence-electron chi connectivity index (χ2n) is 8.59. The Morgan fingerprint density at radius 3 is 2.48 bits per heavy atom. The summed E-state index contributed by atoms with van der Waals surface area (Å²) in [4.78, 5) is 32.1. The molecule has 167 valence electrons. The van der Waals surface area contributed by atoms with Crippen molar-refractivity contribution in [1.29, 1.82) is 0 Å². The average molecular weight is 481 g/mol. The van der Waals surface area contributed by atoms with Gasteiger partial charge in [-0.1, -0.05) is 45.0 Å². The molecule has 8 heteroatoms. The van der Waals surface area contributed by atoms with E-state index < -0.39 is 12.1 Å². The van der Waals surface area contributed by atoms with Crippen LogP contribution in [-0.4, -0.2) is 45.5 Å². The van der Waals surface area contributed by atoms with E-state index in [1.54, 1.807) is 17.8 Å². The molecule has 1 aliphatic heterocycles. The van der Waals surface area contributed by atoms with Crippen LogP contribution in [0.4, 0.5) is 0 Å². The number of aliphatic hydroxyl groups is 1. The third kappa shape index (κ3) is 7.11. The summed E-state index contributed by atoms with van der Waals surface area (Å²) in [7, 11) is 0. The fourth-order valence-corrected chi connectivity index (χ4v) is 4.23. The zero-order chi connectivity index (χ0) is 21.2. The first-order valence-corrected chi connectivity index (χ1v) is 10.6. The van der Waals surface area contributed by atoms with Gasteiger partial charge in [-0.2, -0.15) is 0 Å². The Kier molecular flexibility index (Phi) is 9.83. The molecule has 1 aliphatic rings. The molecule has 2 atom stereocenters. The van der Waals surface area contributed by atoms with E-state index in [2.05, 4.69) is 10.3 Å². The molecule has 2 N–H and O–H groups in total. The average Bonchev–Trinajstić information content (AvgIpc) is 3.24. The molecule has 2 unspecified atom stereocenters. The van der Waals surface area contributed by atoms with Gasteiger partial charge >= 0.3 is 18.6 Å². The summed E-state index contributed by atoms with van der Waals surface area (Å²) in [6, 6.07) is 7.36. The number of nitrogens with one attached hydrogen (secondary N) is 1. The Morgan fingerprint density at radius 2 is 1.94 bits per heavy atom. The van der Waals surface area contributed by atoms with Gasteiger partial charge in [0.15, 0.2) is 0 Å². The van der Waals surface area contributed by atoms with E-state index in [0.29, 0.717) is 6.54 Å². The summed E-state index contributed by atoms with van der Waals surface area (Å²) < 4.78 is 0. The number of aromatic nitrogens is 1. The quantitative estimate of drug-likeness (QED) is 0.643. The van der Waals surface area contributed by atoms with Crippen LogP contribution in [0.5, 0.6) is 0 Å². The minimum Gasteiger partial charge on any atom is -0.391 e. The molecule has 3 rings (SSSR count). The topological polar surface area (TPSA) is 82.5 Å². The second kappa shape index (κ2) is 11.2. The molecule has 2 aromatic rings. The molecular formula is C23H31N3O3SV. The number of benzene rings is 1. The first kappa shape index (κ1) is 27.2. The molecular weight excluding hydrogens is 449 g/mol. The van der Waals surface area contributed by atoms with Crippen molar-refractivity contribution in [2.75, 3.05) is 6.54 Å². The van der Waals surface area contributed by atoms with Crippen LogP contribution in [0.3, 0.4) is 0 Å². The van der Waals surface area contributed by atoms with E-state index in [9.17, 15) is 14.7 Å². The fraction of sp³-hybridized carbons (Fsp3) is 0.435. The number of amides is 2. The molecule has 0 bridgehead atoms. The van der Waals surface area contributed by atoms with E-state index in [0.717, 1.165) is 21.7 Å². The van der Waals surface area contributed by atoms with Gasteiger partial charge < -0.3 is 27.5 Å². The first-order chi connectivity index (χ1) is 13.6. The second-order valence-corrected chi connectivity index (χ2v) is 9.44. The van der Waals surface area contributed by atoms with Gasteiger partial charge in [0.25, 0.3) is 0 Å². The molecule has 0 spiro atoms. The Morgan fingerprint density at radius 1 is 1.29 bits per heavy atom. The van der Waals surface area contributed by atoms with Gasteiger partial charge in [-0.3, -0.25) is 11.2 Å². The summed E-state index contributed by atoms with van der Waals surface area (Å²) in [5.41, 5.74) is 4.63. The summed E-state index contributed by atoms with van der Waals surface area (Å²) in [5.74, 6) is -0.446. The van der Waals surface area contributed by atoms with Crippen molar-refractivity contribution >= 4 is 23.2 Å². The summed E-state index contributed by atoms with van der Waals surface area (Å²) in [6.45, 7) is 8.35. The molecule has 31 heavy (non-hydrogen) atoms. The summed E-state index contributed by atoms with van der Waals surface area (Å²) in [5, 5.41) is 12.9. The number of carbonyl (C=O) groups excluding carboxylic acids is 2. The Balaban J connectivity index is 0.00000240. The van der Waals surface area contributed by atoms with Crippen molar-refractivity contribution in [3.63, 3.8) is 0 Å². The third-order valence-electron chi connectivity index (χ3n) is 4.85. The minimum absolute atomic E-state index is 0. The summed E-state index contributed by atoms with van der Waals surface area (Å²) >= 11 is 1.61. The van der Waals surface area contributed by atoms with Gasteiger partial charge in [0.1, 0.15) is 6.04 Å². The van der Waals surface area contributed by atoms with Gasteiger partial charge in [-0.15, -0.1) is 16.8 Å². The van der Waals surface area contributed by atoms with Crippen LogP contribution in [0.15, 0.2) is 29.8 Å². The predicted molar refractivity (Wildman–Crippen MR) is 120 cm³/mol. The van der Waals surface area contributed by atoms with Gasteiger partial charge in [-0.05, 0) is 18.1 Å². The van der Waals surface area contributed by atoms with Crippen molar-refractivity contribution in [3.8, 4) is 10.4 Å². The van der Waals surface area contributed by atoms with Crippen molar-refractivity contribution in [2.24, 2.45) is 5.41 Å². The normalized spacial score (nSPS) is 18.0. The van der Waals surface area contributed by atoms with E-state index in [-0.39, 0.29) is 56.2 Å². The molecule has 0 aliphatic carbocycles. The van der Waals surface area contributed by atoms with Crippen LogP contribution >= 0.6 is 11.3 Å². The maximum atomic E-state index is 12.7. The van der Waals surface area contributed by atoms with E-state index >= 15 is 0 Å². The molecule has 1 aromatic carbocycles. The Hall–Kier alpha value is -1.80. The maximum Gasteiger partial charge on any atom is 2.00 e. The van der Waals surface area contributed by atoms with Crippen LogP contribution in [-0.2, 0) is 34.7 Å². The van der Waals surface area contributed by atoms with E-state index in [1.807, 2.05) is 57.5 Å². The number of hydrogen-bond acceptors (Lipinski definition) is 5. The molecule has 0 saturated carbocycles. The zero-order valence-corrected chi connectivity index (χ0v) is 21.0. The van der Waals surface area contributed by atoms with Crippen molar-refractivity contribution < 1.29 is 33.3 Å². The number of nitrogens with zero attached hydrogens (tertiary/aromatic N) is 2. The molecule has 6 nitrogen and oxygen atoms in total. The number of carbonyl (C=O) groups is 2. The van der Waals surface area contributed by atoms with Crippen molar-refractivity contribution in [3.05, 3.63) is 54.9 Å². The SMILES string of the molecule is Cc1ncsc1-c1ccc(CNC(=O)C2CC(O)CN2C(=O)[CH-]C(C)(C)C)cc1.[CH3-].[V+2]. The molecule has 1 aromatic heterocycles. The largest absolute Gasteiger partial charge is 2.00 e. The molecule has 2 heterocycles. The molecule has 2 amide bonds. The van der Waals surface area contributed by atoms with Crippen molar-refractivity contribution in [1.82, 2.24) is 15.2 Å². The number of thiazole rings is 1. The van der Waals surface area contributed by atoms with Gasteiger partial charge in [-0.25, -0.2) is 4.98 Å². The van der Waals surface area contributed by atoms with Gasteiger partial charge in [0.2, 0.25) is 5.91 Å². The zero-order valence-electron chi connectivity index (χ0n) is 18.8. The van der Waals surface area contributed by atoms with Crippen LogP contribution in [0.2, 0.25) is 0 Å². The van der Waals surface area contributed by atoms with Crippen LogP contribution in [0, 0.1) is 26.2 Å². The monoisotopic (exact) mass is 480 g/mol. The standard InChI is InChI=1S/C22H28N3O3S.CH3.V/c1-14-20(29-13-24-14)16-7-5-15(6-8-16)11-23-21(28)18-9-17(26)12-25(18)19(27)10-22(2,3)4;;/h5-8,10,13,17-18,26H,9,11-12H2,1-4H3,(H,23,28);1H3;/q2*-1;+2. The van der Waals surface area contributed by atoms with E-state index in [1.165, 1.54) is 4.90 Å². The fourth-order valence-electron chi connectivity index (χ4n) is 3.42. The molecule has 1 saturated heterocycles. The number of rotatable bonds is 5. The summed E-state index contributed by atoms with van der Waals surface area (Å²) in [6.07, 6.45) is 1.19. The van der Waals surface area contributed by atoms with Crippen molar-refractivity contribution in [2.45, 2.75) is 52.8 Å². The van der Waals surface area contributed by atoms with Gasteiger partial charge in [0.05, 0.1) is 28.1 Å². The number of likely N-dealkylation sites (tertiary alicyclic amines) is 1. The number of β-amino-alcohol motifs (C(OH)–C–C–N with tert-alkyl or cyclic N) is 1. The Bertz CT molecular complexity index is 877. The Labute approximate surface area is 201 Å². The predicted octanol–water partition coefficient (Wildman–Crippen LogP) is 3.39. The van der Waals surface area contributed by atoms with Crippen LogP contribution < -0.4 is 5.32 Å².